The van der Waals surface area contributed by atoms with Gasteiger partial charge in [0, 0.05) is 0 Å². The molecule has 0 aliphatic heterocycles. The average Bonchev–Trinajstić information content (AvgIpc) is 2.70. The molecule has 0 aliphatic carbocycles. The fourth-order valence-electron chi connectivity index (χ4n) is 3.28. The van der Waals surface area contributed by atoms with Gasteiger partial charge in [-0.2, -0.15) is 0 Å². The maximum absolute atomic E-state index is 12.6. The van der Waals surface area contributed by atoms with Crippen molar-refractivity contribution in [2.24, 2.45) is 11.8 Å². The normalized spacial score (nSPS) is 13.1. The minimum absolute atomic E-state index is 0.158. The van der Waals surface area contributed by atoms with Crippen molar-refractivity contribution < 1.29 is 34.9 Å². The molecule has 0 aliphatic rings. The Morgan fingerprint density at radius 1 is 0.645 bits per heavy atom. The van der Waals surface area contributed by atoms with Crippen molar-refractivity contribution >= 4 is 54.3 Å². The van der Waals surface area contributed by atoms with Gasteiger partial charge in [0.2, 0.25) is 0 Å². The van der Waals surface area contributed by atoms with Crippen molar-refractivity contribution in [3.05, 3.63) is 0 Å². The van der Waals surface area contributed by atoms with Crippen LogP contribution in [0.25, 0.3) is 0 Å². The first-order chi connectivity index (χ1) is 14.5. The van der Waals surface area contributed by atoms with Gasteiger partial charge in [-0.15, -0.1) is 0 Å². The van der Waals surface area contributed by atoms with Crippen LogP contribution in [0, 0.1) is 11.8 Å². The van der Waals surface area contributed by atoms with Gasteiger partial charge in [0.1, 0.15) is 0 Å². The molecule has 31 heavy (non-hydrogen) atoms. The van der Waals surface area contributed by atoms with E-state index in [4.69, 9.17) is 6.15 Å². The third-order valence-electron chi connectivity index (χ3n) is 5.21. The van der Waals surface area contributed by atoms with Gasteiger partial charge in [-0.1, -0.05) is 0 Å². The fourth-order valence-corrected chi connectivity index (χ4v) is 12.9. The minimum atomic E-state index is -4.58. The maximum atomic E-state index is 12.6. The Kier molecular flexibility index (Phi) is 13.7. The van der Waals surface area contributed by atoms with Crippen LogP contribution >= 0.6 is 0 Å². The Morgan fingerprint density at radius 3 is 1.19 bits per heavy atom. The van der Waals surface area contributed by atoms with Gasteiger partial charge in [0.15, 0.2) is 0 Å². The molecule has 176 valence electrons. The average molecular weight is 547 g/mol. The third-order valence-corrected chi connectivity index (χ3v) is 14.8. The van der Waals surface area contributed by atoms with Gasteiger partial charge < -0.3 is 0 Å². The summed E-state index contributed by atoms with van der Waals surface area (Å²) in [4.78, 5) is 73.6. The number of unbranched alkanes of at least 4 members (excludes halogenated alkanes) is 2. The summed E-state index contributed by atoms with van der Waals surface area (Å²) < 4.78 is 11.8. The number of hydrogen-bond acceptors (Lipinski definition) is 8. The molecule has 0 aromatic rings. The fraction of sp³-hybridized carbons (Fsp3) is 0.727. The molecule has 0 aromatic carbocycles. The van der Waals surface area contributed by atoms with Gasteiger partial charge in [0.25, 0.3) is 0 Å². The van der Waals surface area contributed by atoms with Crippen molar-refractivity contribution in [3.8, 4) is 0 Å². The van der Waals surface area contributed by atoms with Gasteiger partial charge in [0.05, 0.1) is 0 Å². The second-order valence-corrected chi connectivity index (χ2v) is 17.0. The van der Waals surface area contributed by atoms with Crippen molar-refractivity contribution in [2.45, 2.75) is 88.9 Å². The number of carbonyl (C=O) groups is 6. The second-order valence-electron chi connectivity index (χ2n) is 7.77. The zero-order chi connectivity index (χ0) is 24.2. The summed E-state index contributed by atoms with van der Waals surface area (Å²) in [6.45, 7) is 9.54. The van der Waals surface area contributed by atoms with Crippen LogP contribution < -0.4 is 0 Å². The molecule has 0 radical (unpaired) electrons. The van der Waals surface area contributed by atoms with Crippen LogP contribution in [0.5, 0.6) is 0 Å². The first kappa shape index (κ1) is 29.4. The van der Waals surface area contributed by atoms with Crippen LogP contribution in [-0.2, 0) is 34.9 Å². The van der Waals surface area contributed by atoms with Crippen molar-refractivity contribution in [1.29, 1.82) is 0 Å². The van der Waals surface area contributed by atoms with Crippen LogP contribution in [0.3, 0.4) is 0 Å². The molecule has 0 heterocycles. The summed E-state index contributed by atoms with van der Waals surface area (Å²) in [5.74, 6) is -7.35. The SMILES string of the molecule is CCC[CH2][Sn]([CH2]CCC)([O]C(=O)C(=O)C(CC)C(C)=O)[O]C(=O)C(=O)C(CC)C(C)=O. The van der Waals surface area contributed by atoms with Crippen LogP contribution in [-0.4, -0.2) is 54.3 Å². The summed E-state index contributed by atoms with van der Waals surface area (Å²) in [7, 11) is 0. The van der Waals surface area contributed by atoms with E-state index in [-0.39, 0.29) is 12.8 Å². The van der Waals surface area contributed by atoms with Crippen molar-refractivity contribution in [3.63, 3.8) is 0 Å². The Hall–Kier alpha value is -1.58. The summed E-state index contributed by atoms with van der Waals surface area (Å²) in [5, 5.41) is 0. The van der Waals surface area contributed by atoms with E-state index in [1.54, 1.807) is 13.8 Å². The summed E-state index contributed by atoms with van der Waals surface area (Å²) in [5.41, 5.74) is 0. The van der Waals surface area contributed by atoms with E-state index in [9.17, 15) is 28.8 Å². The second kappa shape index (κ2) is 14.5. The molecule has 0 saturated heterocycles. The number of carbonyl (C=O) groups excluding carboxylic acids is 6. The molecule has 0 N–H and O–H groups in total. The van der Waals surface area contributed by atoms with E-state index in [0.717, 1.165) is 12.8 Å². The van der Waals surface area contributed by atoms with E-state index in [1.807, 2.05) is 13.8 Å². The van der Waals surface area contributed by atoms with Crippen LogP contribution in [0.2, 0.25) is 8.87 Å². The molecular weight excluding hydrogens is 511 g/mol. The molecule has 0 saturated carbocycles. The molecule has 0 aromatic heterocycles. The van der Waals surface area contributed by atoms with Crippen LogP contribution in [0.4, 0.5) is 0 Å². The first-order valence-electron chi connectivity index (χ1n) is 11.0. The zero-order valence-electron chi connectivity index (χ0n) is 19.6. The number of hydrogen-bond donors (Lipinski definition) is 0. The molecule has 0 fully saturated rings. The number of Topliss-reactive ketones (excluding diaryl/α,β-unsaturated/α-hetero) is 4. The first-order valence-corrected chi connectivity index (χ1v) is 17.4. The summed E-state index contributed by atoms with van der Waals surface area (Å²) in [6.07, 6.45) is 2.97. The molecular formula is C22H36O8Sn. The molecule has 8 nitrogen and oxygen atoms in total. The Morgan fingerprint density at radius 2 is 0.968 bits per heavy atom. The monoisotopic (exact) mass is 548 g/mol. The molecule has 0 spiro atoms. The van der Waals surface area contributed by atoms with Crippen LogP contribution in [0.1, 0.15) is 80.1 Å². The Balaban J connectivity index is 5.92. The van der Waals surface area contributed by atoms with Gasteiger partial charge in [-0.05, 0) is 0 Å². The predicted octanol–water partition coefficient (Wildman–Crippen LogP) is 3.48. The quantitative estimate of drug-likeness (QED) is 0.164. The summed E-state index contributed by atoms with van der Waals surface area (Å²) >= 11 is -4.58. The molecule has 0 rings (SSSR count). The standard InChI is InChI=1S/2C7H10O4.2C4H9.Sn/c2*1-3-5(4(2)8)6(9)7(10)11;2*1-3-4-2;/h2*5H,3H2,1-2H3,(H,10,11);2*1,3-4H2,2H3;/q;;;;+2/p-2. The van der Waals surface area contributed by atoms with Crippen molar-refractivity contribution in [2.75, 3.05) is 0 Å². The van der Waals surface area contributed by atoms with Crippen molar-refractivity contribution in [1.82, 2.24) is 0 Å². The molecule has 0 bridgehead atoms. The molecule has 0 amide bonds. The van der Waals surface area contributed by atoms with E-state index in [2.05, 4.69) is 0 Å². The molecule has 2 unspecified atom stereocenters. The zero-order valence-corrected chi connectivity index (χ0v) is 22.4. The van der Waals surface area contributed by atoms with E-state index in [1.165, 1.54) is 13.8 Å². The Labute approximate surface area is 189 Å². The number of ketones is 4. The Bertz CT molecular complexity index is 627. The molecule has 9 heteroatoms. The topological polar surface area (TPSA) is 121 Å². The van der Waals surface area contributed by atoms with E-state index >= 15 is 0 Å². The third kappa shape index (κ3) is 9.21. The van der Waals surface area contributed by atoms with Crippen LogP contribution in [0.15, 0.2) is 0 Å². The van der Waals surface area contributed by atoms with E-state index < -0.39 is 66.1 Å². The molecule has 2 atom stereocenters. The predicted molar refractivity (Wildman–Crippen MR) is 116 cm³/mol. The van der Waals surface area contributed by atoms with Gasteiger partial charge in [-0.3, -0.25) is 0 Å². The van der Waals surface area contributed by atoms with Gasteiger partial charge >= 0.3 is 190 Å². The van der Waals surface area contributed by atoms with E-state index in [0.29, 0.717) is 21.7 Å². The summed E-state index contributed by atoms with van der Waals surface area (Å²) in [6, 6.07) is 0. The number of rotatable bonds is 16. The van der Waals surface area contributed by atoms with Gasteiger partial charge in [-0.25, -0.2) is 0 Å².